The first-order valence-electron chi connectivity index (χ1n) is 9.69. The van der Waals surface area contributed by atoms with Gasteiger partial charge in [0, 0.05) is 11.5 Å². The summed E-state index contributed by atoms with van der Waals surface area (Å²) < 4.78 is 0. The van der Waals surface area contributed by atoms with Crippen LogP contribution in [0.3, 0.4) is 0 Å². The minimum Gasteiger partial charge on any atom is -0.507 e. The van der Waals surface area contributed by atoms with Crippen LogP contribution in [0.1, 0.15) is 90.0 Å². The summed E-state index contributed by atoms with van der Waals surface area (Å²) in [6.07, 6.45) is 5.07. The molecule has 1 aromatic rings. The van der Waals surface area contributed by atoms with Crippen molar-refractivity contribution in [3.8, 4) is 5.75 Å². The number of rotatable bonds is 4. The van der Waals surface area contributed by atoms with Crippen LogP contribution < -0.4 is 0 Å². The highest BCUT2D eigenvalue weighted by molar-refractivity contribution is 6.03. The third-order valence-corrected chi connectivity index (χ3v) is 5.83. The van der Waals surface area contributed by atoms with E-state index >= 15 is 0 Å². The Bertz CT molecular complexity index is 702. The second kappa shape index (κ2) is 7.35. The highest BCUT2D eigenvalue weighted by Crippen LogP contribution is 2.42. The third-order valence-electron chi connectivity index (χ3n) is 5.83. The zero-order valence-corrected chi connectivity index (χ0v) is 17.0. The number of allylic oxidation sites excluding steroid dienone is 2. The molecule has 0 saturated heterocycles. The van der Waals surface area contributed by atoms with Crippen molar-refractivity contribution in [3.05, 3.63) is 33.9 Å². The van der Waals surface area contributed by atoms with Crippen molar-refractivity contribution in [1.29, 1.82) is 0 Å². The second-order valence-corrected chi connectivity index (χ2v) is 8.66. The molecule has 0 spiro atoms. The summed E-state index contributed by atoms with van der Waals surface area (Å²) in [5.74, 6) is 0.782. The lowest BCUT2D eigenvalue weighted by atomic mass is 9.77. The van der Waals surface area contributed by atoms with Gasteiger partial charge >= 0.3 is 0 Å². The van der Waals surface area contributed by atoms with E-state index in [0.717, 1.165) is 54.4 Å². The van der Waals surface area contributed by atoms with Crippen LogP contribution >= 0.6 is 0 Å². The van der Waals surface area contributed by atoms with Gasteiger partial charge in [-0.1, -0.05) is 34.6 Å². The average Bonchev–Trinajstić information content (AvgIpc) is 2.58. The Balaban J connectivity index is 2.70. The molecule has 1 N–H and O–H groups in total. The van der Waals surface area contributed by atoms with E-state index in [1.807, 2.05) is 13.8 Å². The second-order valence-electron chi connectivity index (χ2n) is 8.66. The Hall–Kier alpha value is -1.57. The maximum absolute atomic E-state index is 12.7. The lowest BCUT2D eigenvalue weighted by Gasteiger charge is -2.29. The van der Waals surface area contributed by atoms with Crippen LogP contribution in [0, 0.1) is 5.92 Å². The summed E-state index contributed by atoms with van der Waals surface area (Å²) in [7, 11) is 0. The number of benzene rings is 1. The lowest BCUT2D eigenvalue weighted by Crippen LogP contribution is -2.17. The van der Waals surface area contributed by atoms with Crippen LogP contribution in [0.25, 0.3) is 5.57 Å². The van der Waals surface area contributed by atoms with Gasteiger partial charge in [-0.3, -0.25) is 4.79 Å². The number of fused-ring (bicyclic) bond motifs is 1. The Morgan fingerprint density at radius 3 is 2.24 bits per heavy atom. The SMILES string of the molecule is CCC(C)C(=O)C(C)=C(C)c1cc(C(C)(C)C)c(O)c2c1CCCC2. The maximum atomic E-state index is 12.7. The number of aromatic hydroxyl groups is 1. The molecule has 2 rings (SSSR count). The number of phenols is 1. The van der Waals surface area contributed by atoms with Crippen molar-refractivity contribution in [1.82, 2.24) is 0 Å². The monoisotopic (exact) mass is 342 g/mol. The molecule has 1 unspecified atom stereocenters. The van der Waals surface area contributed by atoms with Gasteiger partial charge in [0.2, 0.25) is 0 Å². The zero-order chi connectivity index (χ0) is 18.9. The predicted molar refractivity (Wildman–Crippen MR) is 106 cm³/mol. The molecule has 1 aliphatic carbocycles. The van der Waals surface area contributed by atoms with Crippen LogP contribution in [0.4, 0.5) is 0 Å². The van der Waals surface area contributed by atoms with Crippen LogP contribution in [-0.2, 0) is 23.1 Å². The maximum Gasteiger partial charge on any atom is 0.161 e. The van der Waals surface area contributed by atoms with Gasteiger partial charge in [-0.15, -0.1) is 0 Å². The molecule has 2 nitrogen and oxygen atoms in total. The van der Waals surface area contributed by atoms with Gasteiger partial charge in [0.05, 0.1) is 0 Å². The Kier molecular flexibility index (Phi) is 5.81. The summed E-state index contributed by atoms with van der Waals surface area (Å²) in [6.45, 7) is 14.5. The topological polar surface area (TPSA) is 37.3 Å². The number of hydrogen-bond donors (Lipinski definition) is 1. The fourth-order valence-electron chi connectivity index (χ4n) is 3.77. The summed E-state index contributed by atoms with van der Waals surface area (Å²) >= 11 is 0. The summed E-state index contributed by atoms with van der Waals surface area (Å²) in [4.78, 5) is 12.7. The molecule has 25 heavy (non-hydrogen) atoms. The van der Waals surface area contributed by atoms with E-state index in [9.17, 15) is 9.90 Å². The summed E-state index contributed by atoms with van der Waals surface area (Å²) in [5, 5.41) is 10.9. The normalized spacial score (nSPS) is 16.9. The molecule has 2 heteroatoms. The minimum absolute atomic E-state index is 0.0602. The van der Waals surface area contributed by atoms with Crippen LogP contribution in [0.2, 0.25) is 0 Å². The van der Waals surface area contributed by atoms with E-state index in [0.29, 0.717) is 5.75 Å². The Labute approximate surface area is 153 Å². The van der Waals surface area contributed by atoms with E-state index in [1.165, 1.54) is 11.1 Å². The van der Waals surface area contributed by atoms with Gasteiger partial charge in [-0.05, 0) is 85.3 Å². The quantitative estimate of drug-likeness (QED) is 0.684. The predicted octanol–water partition coefficient (Wildman–Crippen LogP) is 5.98. The molecule has 0 saturated carbocycles. The van der Waals surface area contributed by atoms with Gasteiger partial charge in [-0.2, -0.15) is 0 Å². The number of phenolic OH excluding ortho intramolecular Hbond substituents is 1. The van der Waals surface area contributed by atoms with Crippen molar-refractivity contribution in [3.63, 3.8) is 0 Å². The molecule has 0 radical (unpaired) electrons. The lowest BCUT2D eigenvalue weighted by molar-refractivity contribution is -0.118. The Morgan fingerprint density at radius 2 is 1.72 bits per heavy atom. The van der Waals surface area contributed by atoms with E-state index in [4.69, 9.17) is 0 Å². The minimum atomic E-state index is -0.125. The first-order chi connectivity index (χ1) is 11.6. The van der Waals surface area contributed by atoms with Crippen LogP contribution in [-0.4, -0.2) is 10.9 Å². The molecule has 0 fully saturated rings. The molecule has 0 aliphatic heterocycles. The zero-order valence-electron chi connectivity index (χ0n) is 17.0. The molecule has 0 heterocycles. The standard InChI is InChI=1S/C23H34O2/c1-8-14(2)21(24)16(4)15(3)19-13-20(23(5,6)7)22(25)18-12-10-9-11-17(18)19/h13-14,25H,8-12H2,1-7H3. The smallest absolute Gasteiger partial charge is 0.161 e. The van der Waals surface area contributed by atoms with Gasteiger partial charge < -0.3 is 5.11 Å². The van der Waals surface area contributed by atoms with Crippen LogP contribution in [0.15, 0.2) is 11.6 Å². The first kappa shape index (κ1) is 19.8. The van der Waals surface area contributed by atoms with E-state index < -0.39 is 0 Å². The fraction of sp³-hybridized carbons (Fsp3) is 0.609. The van der Waals surface area contributed by atoms with Crippen molar-refractivity contribution < 1.29 is 9.90 Å². The van der Waals surface area contributed by atoms with Gasteiger partial charge in [0.1, 0.15) is 5.75 Å². The third kappa shape index (κ3) is 3.83. The number of hydrogen-bond acceptors (Lipinski definition) is 2. The van der Waals surface area contributed by atoms with Crippen molar-refractivity contribution >= 4 is 11.4 Å². The molecule has 1 atom stereocenters. The fourth-order valence-corrected chi connectivity index (χ4v) is 3.77. The van der Waals surface area contributed by atoms with Gasteiger partial charge in [0.15, 0.2) is 5.78 Å². The average molecular weight is 343 g/mol. The molecule has 1 aliphatic rings. The summed E-state index contributed by atoms with van der Waals surface area (Å²) in [5.41, 5.74) is 6.35. The van der Waals surface area contributed by atoms with Crippen molar-refractivity contribution in [2.24, 2.45) is 5.92 Å². The van der Waals surface area contributed by atoms with E-state index in [2.05, 4.69) is 40.7 Å². The molecule has 0 bridgehead atoms. The highest BCUT2D eigenvalue weighted by Gasteiger charge is 2.27. The Morgan fingerprint density at radius 1 is 1.16 bits per heavy atom. The van der Waals surface area contributed by atoms with Crippen molar-refractivity contribution in [2.75, 3.05) is 0 Å². The van der Waals surface area contributed by atoms with Gasteiger partial charge in [0.25, 0.3) is 0 Å². The van der Waals surface area contributed by atoms with E-state index in [-0.39, 0.29) is 17.1 Å². The number of ketones is 1. The summed E-state index contributed by atoms with van der Waals surface area (Å²) in [6, 6.07) is 2.14. The number of carbonyl (C=O) groups excluding carboxylic acids is 1. The van der Waals surface area contributed by atoms with Crippen molar-refractivity contribution in [2.45, 2.75) is 86.0 Å². The van der Waals surface area contributed by atoms with Crippen LogP contribution in [0.5, 0.6) is 5.75 Å². The number of carbonyl (C=O) groups is 1. The molecule has 0 aromatic heterocycles. The molecule has 0 amide bonds. The van der Waals surface area contributed by atoms with Gasteiger partial charge in [-0.25, -0.2) is 0 Å². The molecule has 138 valence electrons. The molecular weight excluding hydrogens is 308 g/mol. The molecule has 1 aromatic carbocycles. The largest absolute Gasteiger partial charge is 0.507 e. The molecular formula is C23H34O2. The highest BCUT2D eigenvalue weighted by atomic mass is 16.3. The number of Topliss-reactive ketones (excluding diaryl/α,β-unsaturated/α-hetero) is 1. The van der Waals surface area contributed by atoms with E-state index in [1.54, 1.807) is 0 Å². The first-order valence-corrected chi connectivity index (χ1v) is 9.69.